The SMILES string of the molecule is CC(Oc1cc(-c2cc3n(n2)CC[C@@]32CCN(C(=O)NC3CCC3)C2)cnc1N)c1nccs1. The van der Waals surface area contributed by atoms with Gasteiger partial charge in [0.05, 0.1) is 5.69 Å². The van der Waals surface area contributed by atoms with Crippen molar-refractivity contribution in [1.82, 2.24) is 30.0 Å². The molecule has 1 aliphatic carbocycles. The first-order valence-corrected chi connectivity index (χ1v) is 12.8. The number of nitrogens with two attached hydrogens (primary N) is 1. The summed E-state index contributed by atoms with van der Waals surface area (Å²) in [7, 11) is 0. The predicted molar refractivity (Wildman–Crippen MR) is 130 cm³/mol. The van der Waals surface area contributed by atoms with Crippen LogP contribution in [0.25, 0.3) is 11.3 Å². The third kappa shape index (κ3) is 3.70. The maximum Gasteiger partial charge on any atom is 0.317 e. The molecule has 3 N–H and O–H groups in total. The number of carbonyl (C=O) groups is 1. The molecule has 2 atom stereocenters. The van der Waals surface area contributed by atoms with Gasteiger partial charge in [0.15, 0.2) is 11.6 Å². The number of urea groups is 1. The second kappa shape index (κ2) is 8.26. The summed E-state index contributed by atoms with van der Waals surface area (Å²) in [6.07, 6.45) is 8.70. The summed E-state index contributed by atoms with van der Waals surface area (Å²) in [6.45, 7) is 4.35. The fourth-order valence-corrected chi connectivity index (χ4v) is 5.87. The molecule has 3 aliphatic rings. The lowest BCUT2D eigenvalue weighted by Crippen LogP contribution is -2.47. The summed E-state index contributed by atoms with van der Waals surface area (Å²) >= 11 is 1.55. The van der Waals surface area contributed by atoms with Crippen molar-refractivity contribution in [2.24, 2.45) is 0 Å². The van der Waals surface area contributed by atoms with Crippen LogP contribution in [0.1, 0.15) is 55.8 Å². The normalized spacial score (nSPS) is 22.6. The molecule has 1 unspecified atom stereocenters. The van der Waals surface area contributed by atoms with E-state index >= 15 is 0 Å². The summed E-state index contributed by atoms with van der Waals surface area (Å²) in [6, 6.07) is 4.50. The Morgan fingerprint density at radius 2 is 2.15 bits per heavy atom. The molecule has 1 saturated carbocycles. The number of anilines is 1. The molecule has 10 heteroatoms. The van der Waals surface area contributed by atoms with Crippen LogP contribution in [-0.2, 0) is 12.0 Å². The third-order valence-corrected chi connectivity index (χ3v) is 8.42. The van der Waals surface area contributed by atoms with E-state index in [1.807, 2.05) is 23.3 Å². The molecule has 178 valence electrons. The minimum atomic E-state index is -0.217. The summed E-state index contributed by atoms with van der Waals surface area (Å²) in [5.74, 6) is 0.877. The second-order valence-corrected chi connectivity index (χ2v) is 10.6. The smallest absolute Gasteiger partial charge is 0.317 e. The lowest BCUT2D eigenvalue weighted by atomic mass is 9.82. The van der Waals surface area contributed by atoms with E-state index in [1.54, 1.807) is 23.7 Å². The average molecular weight is 480 g/mol. The van der Waals surface area contributed by atoms with Crippen molar-refractivity contribution in [3.8, 4) is 17.0 Å². The first-order chi connectivity index (χ1) is 16.5. The van der Waals surface area contributed by atoms with Gasteiger partial charge in [-0.1, -0.05) is 0 Å². The van der Waals surface area contributed by atoms with Crippen LogP contribution < -0.4 is 15.8 Å². The largest absolute Gasteiger partial charge is 0.480 e. The van der Waals surface area contributed by atoms with E-state index in [4.69, 9.17) is 15.6 Å². The van der Waals surface area contributed by atoms with Crippen LogP contribution in [0, 0.1) is 0 Å². The number of hydrogen-bond acceptors (Lipinski definition) is 7. The van der Waals surface area contributed by atoms with Crippen molar-refractivity contribution in [2.75, 3.05) is 18.8 Å². The highest BCUT2D eigenvalue weighted by Gasteiger charge is 2.47. The molecule has 0 bridgehead atoms. The van der Waals surface area contributed by atoms with Gasteiger partial charge in [0.1, 0.15) is 11.1 Å². The van der Waals surface area contributed by atoms with Crippen molar-refractivity contribution >= 4 is 23.2 Å². The zero-order valence-electron chi connectivity index (χ0n) is 19.2. The van der Waals surface area contributed by atoms with Crippen molar-refractivity contribution in [1.29, 1.82) is 0 Å². The van der Waals surface area contributed by atoms with E-state index in [9.17, 15) is 4.79 Å². The first kappa shape index (κ1) is 21.4. The molecule has 6 rings (SSSR count). The van der Waals surface area contributed by atoms with Gasteiger partial charge < -0.3 is 20.7 Å². The average Bonchev–Trinajstić information content (AvgIpc) is 3.59. The van der Waals surface area contributed by atoms with Gasteiger partial charge in [0.25, 0.3) is 0 Å². The number of ether oxygens (including phenoxy) is 1. The van der Waals surface area contributed by atoms with Crippen molar-refractivity contribution in [2.45, 2.75) is 63.1 Å². The number of hydrogen-bond donors (Lipinski definition) is 2. The molecule has 9 nitrogen and oxygen atoms in total. The van der Waals surface area contributed by atoms with Gasteiger partial charge in [-0.05, 0) is 51.2 Å². The van der Waals surface area contributed by atoms with E-state index in [1.165, 1.54) is 12.1 Å². The van der Waals surface area contributed by atoms with Gasteiger partial charge >= 0.3 is 6.03 Å². The Morgan fingerprint density at radius 3 is 2.91 bits per heavy atom. The number of nitrogen functional groups attached to an aromatic ring is 1. The Balaban J connectivity index is 1.21. The van der Waals surface area contributed by atoms with E-state index in [-0.39, 0.29) is 17.6 Å². The Kier molecular flexibility index (Phi) is 5.20. The Hall–Kier alpha value is -3.14. The standard InChI is InChI=1S/C24H29N7O2S/c1-15(22-26-7-10-34-22)33-19-11-16(13-27-21(19)25)18-12-20-24(6-9-31(20)29-18)5-8-30(14-24)23(32)28-17-3-2-4-17/h7,10-13,15,17H,2-6,8-9,14H2,1H3,(H2,25,27)(H,28,32)/t15?,24-/m1/s1. The predicted octanol–water partition coefficient (Wildman–Crippen LogP) is 3.73. The molecular weight excluding hydrogens is 450 g/mol. The molecule has 2 aliphatic heterocycles. The van der Waals surface area contributed by atoms with Gasteiger partial charge in [0, 0.05) is 60.1 Å². The number of pyridine rings is 1. The summed E-state index contributed by atoms with van der Waals surface area (Å²) in [5, 5.41) is 10.9. The van der Waals surface area contributed by atoms with E-state index in [0.29, 0.717) is 17.6 Å². The number of nitrogens with one attached hydrogen (secondary N) is 1. The number of aryl methyl sites for hydroxylation is 1. The molecular formula is C24H29N7O2S. The van der Waals surface area contributed by atoms with Crippen LogP contribution in [0.3, 0.4) is 0 Å². The molecule has 0 radical (unpaired) electrons. The van der Waals surface area contributed by atoms with Crippen LogP contribution in [0.2, 0.25) is 0 Å². The highest BCUT2D eigenvalue weighted by Crippen LogP contribution is 2.44. The van der Waals surface area contributed by atoms with E-state index in [0.717, 1.165) is 61.6 Å². The van der Waals surface area contributed by atoms with Gasteiger partial charge in [0.2, 0.25) is 0 Å². The van der Waals surface area contributed by atoms with Crippen molar-refractivity contribution in [3.63, 3.8) is 0 Å². The number of thiazole rings is 1. The third-order valence-electron chi connectivity index (χ3n) is 7.48. The van der Waals surface area contributed by atoms with E-state index in [2.05, 4.69) is 26.0 Å². The quantitative estimate of drug-likeness (QED) is 0.577. The zero-order chi connectivity index (χ0) is 23.3. The van der Waals surface area contributed by atoms with Crippen LogP contribution in [0.5, 0.6) is 5.75 Å². The molecule has 5 heterocycles. The highest BCUT2D eigenvalue weighted by molar-refractivity contribution is 7.09. The number of nitrogens with zero attached hydrogens (tertiary/aromatic N) is 5. The van der Waals surface area contributed by atoms with Crippen LogP contribution in [0.4, 0.5) is 10.6 Å². The molecule has 0 aromatic carbocycles. The lowest BCUT2D eigenvalue weighted by molar-refractivity contribution is 0.193. The van der Waals surface area contributed by atoms with Crippen molar-refractivity contribution < 1.29 is 9.53 Å². The fourth-order valence-electron chi connectivity index (χ4n) is 5.25. The zero-order valence-corrected chi connectivity index (χ0v) is 20.1. The summed E-state index contributed by atoms with van der Waals surface area (Å²) < 4.78 is 8.18. The molecule has 2 amide bonds. The van der Waals surface area contributed by atoms with Gasteiger partial charge in [-0.25, -0.2) is 14.8 Å². The Labute approximate surface area is 202 Å². The maximum atomic E-state index is 12.7. The number of aromatic nitrogens is 4. The minimum absolute atomic E-state index is 0.0257. The highest BCUT2D eigenvalue weighted by atomic mass is 32.1. The Morgan fingerprint density at radius 1 is 1.29 bits per heavy atom. The molecule has 3 aromatic heterocycles. The van der Waals surface area contributed by atoms with Crippen LogP contribution >= 0.6 is 11.3 Å². The molecule has 3 aromatic rings. The van der Waals surface area contributed by atoms with Gasteiger partial charge in [-0.15, -0.1) is 11.3 Å². The van der Waals surface area contributed by atoms with Gasteiger partial charge in [-0.2, -0.15) is 5.10 Å². The topological polar surface area (TPSA) is 111 Å². The molecule has 2 fully saturated rings. The summed E-state index contributed by atoms with van der Waals surface area (Å²) in [5.41, 5.74) is 9.00. The maximum absolute atomic E-state index is 12.7. The first-order valence-electron chi connectivity index (χ1n) is 12.0. The number of fused-ring (bicyclic) bond motifs is 2. The fraction of sp³-hybridized carbons (Fsp3) is 0.500. The number of rotatable bonds is 5. The number of amides is 2. The number of likely N-dealkylation sites (tertiary alicyclic amines) is 1. The molecule has 1 saturated heterocycles. The second-order valence-electron chi connectivity index (χ2n) is 9.65. The van der Waals surface area contributed by atoms with Crippen LogP contribution in [0.15, 0.2) is 29.9 Å². The number of carbonyl (C=O) groups excluding carboxylic acids is 1. The molecule has 34 heavy (non-hydrogen) atoms. The Bertz CT molecular complexity index is 1210. The van der Waals surface area contributed by atoms with Gasteiger partial charge in [-0.3, -0.25) is 4.68 Å². The monoisotopic (exact) mass is 479 g/mol. The van der Waals surface area contributed by atoms with E-state index < -0.39 is 0 Å². The minimum Gasteiger partial charge on any atom is -0.480 e. The molecule has 1 spiro atoms. The summed E-state index contributed by atoms with van der Waals surface area (Å²) in [4.78, 5) is 23.4. The lowest BCUT2D eigenvalue weighted by Gasteiger charge is -2.30. The van der Waals surface area contributed by atoms with Crippen molar-refractivity contribution in [3.05, 3.63) is 40.6 Å². The van der Waals surface area contributed by atoms with Crippen LogP contribution in [-0.4, -0.2) is 49.8 Å².